The van der Waals surface area contributed by atoms with Crippen LogP contribution in [0.1, 0.15) is 16.7 Å². The summed E-state index contributed by atoms with van der Waals surface area (Å²) in [7, 11) is 3.19. The average molecular weight is 433 g/mol. The summed E-state index contributed by atoms with van der Waals surface area (Å²) in [5.74, 6) is 0.971. The number of nitrogens with one attached hydrogen (secondary N) is 2. The molecule has 0 saturated carbocycles. The highest BCUT2D eigenvalue weighted by atomic mass is 16.5. The molecule has 0 radical (unpaired) electrons. The maximum Gasteiger partial charge on any atom is 0.243 e. The third-order valence-electron chi connectivity index (χ3n) is 5.06. The molecule has 6 heteroatoms. The van der Waals surface area contributed by atoms with Crippen molar-refractivity contribution in [3.05, 3.63) is 95.6 Å². The number of carbonyl (C=O) groups is 2. The minimum Gasteiger partial charge on any atom is -0.497 e. The van der Waals surface area contributed by atoms with Crippen molar-refractivity contribution in [2.24, 2.45) is 0 Å². The van der Waals surface area contributed by atoms with Gasteiger partial charge in [-0.2, -0.15) is 0 Å². The highest BCUT2D eigenvalue weighted by Gasteiger charge is 2.21. The number of methoxy groups -OCH3 is 2. The Labute approximate surface area is 188 Å². The van der Waals surface area contributed by atoms with Crippen LogP contribution in [0, 0.1) is 0 Å². The molecule has 1 atom stereocenters. The molecule has 0 aromatic heterocycles. The van der Waals surface area contributed by atoms with Crippen LogP contribution < -0.4 is 20.1 Å². The minimum atomic E-state index is -0.712. The van der Waals surface area contributed by atoms with Gasteiger partial charge in [0, 0.05) is 13.0 Å². The third kappa shape index (κ3) is 6.87. The van der Waals surface area contributed by atoms with Gasteiger partial charge in [-0.15, -0.1) is 0 Å². The van der Waals surface area contributed by atoms with E-state index in [0.717, 1.165) is 22.4 Å². The van der Waals surface area contributed by atoms with Crippen LogP contribution in [-0.2, 0) is 29.0 Å². The van der Waals surface area contributed by atoms with E-state index >= 15 is 0 Å². The number of hydrogen-bond donors (Lipinski definition) is 2. The van der Waals surface area contributed by atoms with Crippen LogP contribution in [0.2, 0.25) is 0 Å². The Morgan fingerprint density at radius 2 is 1.47 bits per heavy atom. The molecule has 6 nitrogen and oxygen atoms in total. The summed E-state index contributed by atoms with van der Waals surface area (Å²) in [4.78, 5) is 25.7. The predicted molar refractivity (Wildman–Crippen MR) is 124 cm³/mol. The fraction of sp³-hybridized carbons (Fsp3) is 0.231. The molecule has 0 bridgehead atoms. The zero-order valence-corrected chi connectivity index (χ0v) is 18.3. The molecule has 32 heavy (non-hydrogen) atoms. The summed E-state index contributed by atoms with van der Waals surface area (Å²) in [6.45, 7) is 0.392. The Morgan fingerprint density at radius 1 is 0.781 bits per heavy atom. The number of benzene rings is 3. The van der Waals surface area contributed by atoms with Crippen molar-refractivity contribution in [1.29, 1.82) is 0 Å². The van der Waals surface area contributed by atoms with E-state index in [9.17, 15) is 9.59 Å². The van der Waals surface area contributed by atoms with Crippen LogP contribution in [0.4, 0.5) is 0 Å². The summed E-state index contributed by atoms with van der Waals surface area (Å²) >= 11 is 0. The van der Waals surface area contributed by atoms with Crippen molar-refractivity contribution in [3.8, 4) is 11.5 Å². The molecule has 3 aromatic rings. The van der Waals surface area contributed by atoms with E-state index in [4.69, 9.17) is 9.47 Å². The molecule has 0 fully saturated rings. The number of hydrogen-bond acceptors (Lipinski definition) is 4. The molecule has 0 unspecified atom stereocenters. The van der Waals surface area contributed by atoms with Crippen molar-refractivity contribution in [1.82, 2.24) is 10.6 Å². The highest BCUT2D eigenvalue weighted by Crippen LogP contribution is 2.15. The van der Waals surface area contributed by atoms with Crippen LogP contribution in [0.25, 0.3) is 0 Å². The van der Waals surface area contributed by atoms with Gasteiger partial charge in [0.1, 0.15) is 17.5 Å². The quantitative estimate of drug-likeness (QED) is 0.516. The maximum atomic E-state index is 13.0. The lowest BCUT2D eigenvalue weighted by Gasteiger charge is -2.19. The first-order valence-electron chi connectivity index (χ1n) is 10.4. The highest BCUT2D eigenvalue weighted by molar-refractivity contribution is 5.88. The molecule has 0 spiro atoms. The largest absolute Gasteiger partial charge is 0.497 e. The van der Waals surface area contributed by atoms with Gasteiger partial charge in [0.05, 0.1) is 20.6 Å². The van der Waals surface area contributed by atoms with Gasteiger partial charge in [-0.05, 0) is 41.0 Å². The lowest BCUT2D eigenvalue weighted by molar-refractivity contribution is -0.128. The monoisotopic (exact) mass is 432 g/mol. The molecule has 0 aliphatic carbocycles. The first-order valence-corrected chi connectivity index (χ1v) is 10.4. The van der Waals surface area contributed by atoms with Crippen molar-refractivity contribution in [2.45, 2.75) is 25.4 Å². The van der Waals surface area contributed by atoms with Crippen molar-refractivity contribution in [2.75, 3.05) is 14.2 Å². The standard InChI is InChI=1S/C26H28N2O4/c1-31-22-13-11-19(12-14-22)17-25(29)28-24(16-21-9-6-10-23(15-21)32-2)26(30)27-18-20-7-4-3-5-8-20/h3-15,24H,16-18H2,1-2H3,(H,27,30)(H,28,29)/t24-/m1/s1. The maximum absolute atomic E-state index is 13.0. The van der Waals surface area contributed by atoms with Gasteiger partial charge in [0.25, 0.3) is 0 Å². The second kappa shape index (κ2) is 11.6. The number of rotatable bonds is 10. The van der Waals surface area contributed by atoms with Crippen LogP contribution in [-0.4, -0.2) is 32.1 Å². The number of amides is 2. The summed E-state index contributed by atoms with van der Waals surface area (Å²) in [6, 6.07) is 23.7. The summed E-state index contributed by atoms with van der Waals surface area (Å²) in [5, 5.41) is 5.82. The zero-order valence-electron chi connectivity index (χ0n) is 18.3. The fourth-order valence-electron chi connectivity index (χ4n) is 3.33. The van der Waals surface area contributed by atoms with Gasteiger partial charge < -0.3 is 20.1 Å². The number of carbonyl (C=O) groups excluding carboxylic acids is 2. The van der Waals surface area contributed by atoms with Gasteiger partial charge in [-0.3, -0.25) is 9.59 Å². The summed E-state index contributed by atoms with van der Waals surface area (Å²) in [6.07, 6.45) is 0.525. The lowest BCUT2D eigenvalue weighted by Crippen LogP contribution is -2.48. The van der Waals surface area contributed by atoms with Crippen molar-refractivity contribution >= 4 is 11.8 Å². The Morgan fingerprint density at radius 3 is 2.16 bits per heavy atom. The lowest BCUT2D eigenvalue weighted by atomic mass is 10.0. The molecule has 2 N–H and O–H groups in total. The topological polar surface area (TPSA) is 76.7 Å². The first kappa shape index (κ1) is 22.9. The second-order valence-electron chi connectivity index (χ2n) is 7.40. The van der Waals surface area contributed by atoms with Crippen molar-refractivity contribution in [3.63, 3.8) is 0 Å². The molecule has 0 aliphatic heterocycles. The number of ether oxygens (including phenoxy) is 2. The van der Waals surface area contributed by atoms with Gasteiger partial charge in [0.2, 0.25) is 11.8 Å². The van der Waals surface area contributed by atoms with Gasteiger partial charge >= 0.3 is 0 Å². The molecular formula is C26H28N2O4. The smallest absolute Gasteiger partial charge is 0.243 e. The first-order chi connectivity index (χ1) is 15.6. The van der Waals surface area contributed by atoms with Gasteiger partial charge in [-0.1, -0.05) is 54.6 Å². The van der Waals surface area contributed by atoms with Gasteiger partial charge in [0.15, 0.2) is 0 Å². The van der Waals surface area contributed by atoms with E-state index in [1.54, 1.807) is 14.2 Å². The molecule has 2 amide bonds. The van der Waals surface area contributed by atoms with Crippen LogP contribution in [0.15, 0.2) is 78.9 Å². The summed E-state index contributed by atoms with van der Waals surface area (Å²) < 4.78 is 10.4. The van der Waals surface area contributed by atoms with Crippen LogP contribution in [0.5, 0.6) is 11.5 Å². The SMILES string of the molecule is COc1ccc(CC(=O)N[C@H](Cc2cccc(OC)c2)C(=O)NCc2ccccc2)cc1. The minimum absolute atomic E-state index is 0.171. The van der Waals surface area contributed by atoms with E-state index in [-0.39, 0.29) is 18.2 Å². The van der Waals surface area contributed by atoms with E-state index in [2.05, 4.69) is 10.6 Å². The Balaban J connectivity index is 1.69. The molecule has 166 valence electrons. The average Bonchev–Trinajstić information content (AvgIpc) is 2.83. The molecule has 3 aromatic carbocycles. The second-order valence-corrected chi connectivity index (χ2v) is 7.40. The van der Waals surface area contributed by atoms with Crippen molar-refractivity contribution < 1.29 is 19.1 Å². The van der Waals surface area contributed by atoms with E-state index < -0.39 is 6.04 Å². The fourth-order valence-corrected chi connectivity index (χ4v) is 3.33. The Kier molecular flexibility index (Phi) is 8.26. The Hall–Kier alpha value is -3.80. The molecule has 0 aliphatic rings. The normalized spacial score (nSPS) is 11.3. The molecular weight excluding hydrogens is 404 g/mol. The van der Waals surface area contributed by atoms with Crippen LogP contribution in [0.3, 0.4) is 0 Å². The molecule has 3 rings (SSSR count). The van der Waals surface area contributed by atoms with Crippen LogP contribution >= 0.6 is 0 Å². The predicted octanol–water partition coefficient (Wildman–Crippen LogP) is 3.29. The third-order valence-corrected chi connectivity index (χ3v) is 5.06. The van der Waals surface area contributed by atoms with Gasteiger partial charge in [-0.25, -0.2) is 0 Å². The van der Waals surface area contributed by atoms with E-state index in [0.29, 0.717) is 18.7 Å². The molecule has 0 heterocycles. The van der Waals surface area contributed by atoms with E-state index in [1.165, 1.54) is 0 Å². The Bertz CT molecular complexity index is 1020. The molecule has 0 saturated heterocycles. The zero-order chi connectivity index (χ0) is 22.8. The summed E-state index contributed by atoms with van der Waals surface area (Å²) in [5.41, 5.74) is 2.73. The van der Waals surface area contributed by atoms with E-state index in [1.807, 2.05) is 78.9 Å².